The van der Waals surface area contributed by atoms with Crippen LogP contribution in [0.2, 0.25) is 0 Å². The van der Waals surface area contributed by atoms with Crippen LogP contribution in [0.1, 0.15) is 45.6 Å². The molecule has 9 heteroatoms. The number of aromatic nitrogens is 1. The van der Waals surface area contributed by atoms with E-state index >= 15 is 0 Å². The van der Waals surface area contributed by atoms with Gasteiger partial charge in [0, 0.05) is 68.3 Å². The summed E-state index contributed by atoms with van der Waals surface area (Å²) in [6.07, 6.45) is 1.84. The molecule has 1 saturated heterocycles. The van der Waals surface area contributed by atoms with Crippen molar-refractivity contribution in [2.24, 2.45) is 5.92 Å². The molecule has 2 atom stereocenters. The second kappa shape index (κ2) is 10.8. The highest BCUT2D eigenvalue weighted by Crippen LogP contribution is 2.36. The maximum atomic E-state index is 14.4. The van der Waals surface area contributed by atoms with Gasteiger partial charge in [0.05, 0.1) is 11.1 Å². The zero-order valence-corrected chi connectivity index (χ0v) is 19.9. The lowest BCUT2D eigenvalue weighted by Gasteiger charge is -2.41. The Bertz CT molecular complexity index is 1080. The van der Waals surface area contributed by atoms with Gasteiger partial charge < -0.3 is 15.1 Å². The fourth-order valence-electron chi connectivity index (χ4n) is 4.55. The quantitative estimate of drug-likeness (QED) is 0.634. The van der Waals surface area contributed by atoms with Crippen LogP contribution in [-0.2, 0) is 9.59 Å². The van der Waals surface area contributed by atoms with Gasteiger partial charge in [-0.3, -0.25) is 14.6 Å². The average Bonchev–Trinajstić information content (AvgIpc) is 2.82. The van der Waals surface area contributed by atoms with Crippen molar-refractivity contribution >= 4 is 28.4 Å². The Labute approximate surface area is 198 Å². The van der Waals surface area contributed by atoms with Gasteiger partial charge in [-0.15, -0.1) is 0 Å². The molecule has 1 aromatic heterocycles. The van der Waals surface area contributed by atoms with Gasteiger partial charge in [0.25, 0.3) is 0 Å². The maximum absolute atomic E-state index is 14.4. The number of anilines is 1. The Hall–Kier alpha value is -3.28. The molecule has 34 heavy (non-hydrogen) atoms. The van der Waals surface area contributed by atoms with Crippen molar-refractivity contribution in [1.29, 1.82) is 5.26 Å². The number of hydrogen-bond donors (Lipinski definition) is 1. The second-order valence-corrected chi connectivity index (χ2v) is 8.77. The van der Waals surface area contributed by atoms with Crippen LogP contribution in [0.4, 0.5) is 14.5 Å². The molecule has 1 aromatic carbocycles. The number of carbonyl (C=O) groups excluding carboxylic acids is 2. The van der Waals surface area contributed by atoms with Crippen LogP contribution in [0, 0.1) is 17.2 Å². The standard InChI is InChI=1S/C25H31F2N5O2/c1-4-31(5-2)23(34)11-10-22(33)30-19-13-18(25(3,26)27)15-32(16-19)21-9-8-17(14-28)24-20(21)7-6-12-29-24/h6-9,12,18-19H,4-5,10-11,13,15-16H2,1-3H3,(H,30,33)/t18-,19+/m0/s1. The number of pyridine rings is 1. The third kappa shape index (κ3) is 5.79. The number of piperidine rings is 1. The molecule has 1 aliphatic rings. The van der Waals surface area contributed by atoms with Crippen molar-refractivity contribution < 1.29 is 18.4 Å². The molecule has 0 spiro atoms. The fraction of sp³-hybridized carbons (Fsp3) is 0.520. The van der Waals surface area contributed by atoms with Gasteiger partial charge in [0.1, 0.15) is 6.07 Å². The summed E-state index contributed by atoms with van der Waals surface area (Å²) in [4.78, 5) is 32.6. The van der Waals surface area contributed by atoms with Crippen LogP contribution in [-0.4, -0.2) is 59.8 Å². The van der Waals surface area contributed by atoms with Crippen molar-refractivity contribution in [1.82, 2.24) is 15.2 Å². The minimum Gasteiger partial charge on any atom is -0.368 e. The SMILES string of the molecule is CCN(CC)C(=O)CCC(=O)N[C@@H]1C[C@H](C(C)(F)F)CN(c2ccc(C#N)c3ncccc23)C1. The van der Waals surface area contributed by atoms with Crippen molar-refractivity contribution in [2.75, 3.05) is 31.1 Å². The fourth-order valence-corrected chi connectivity index (χ4v) is 4.55. The van der Waals surface area contributed by atoms with Gasteiger partial charge in [-0.25, -0.2) is 8.78 Å². The number of amides is 2. The Morgan fingerprint density at radius 3 is 2.62 bits per heavy atom. The summed E-state index contributed by atoms with van der Waals surface area (Å²) in [5.74, 6) is -4.32. The topological polar surface area (TPSA) is 89.3 Å². The molecule has 1 fully saturated rings. The zero-order chi connectivity index (χ0) is 24.9. The Morgan fingerprint density at radius 2 is 1.97 bits per heavy atom. The molecule has 0 saturated carbocycles. The molecule has 2 heterocycles. The number of nitriles is 1. The summed E-state index contributed by atoms with van der Waals surface area (Å²) in [6.45, 7) is 6.28. The highest BCUT2D eigenvalue weighted by Gasteiger charge is 2.41. The molecule has 2 amide bonds. The molecule has 7 nitrogen and oxygen atoms in total. The van der Waals surface area contributed by atoms with Crippen LogP contribution in [0.3, 0.4) is 0 Å². The number of alkyl halides is 2. The lowest BCUT2D eigenvalue weighted by Crippen LogP contribution is -2.54. The largest absolute Gasteiger partial charge is 0.368 e. The van der Waals surface area contributed by atoms with Crippen molar-refractivity contribution in [3.8, 4) is 6.07 Å². The monoisotopic (exact) mass is 471 g/mol. The van der Waals surface area contributed by atoms with E-state index < -0.39 is 17.9 Å². The Morgan fingerprint density at radius 1 is 1.24 bits per heavy atom. The second-order valence-electron chi connectivity index (χ2n) is 8.77. The van der Waals surface area contributed by atoms with E-state index in [0.717, 1.165) is 6.92 Å². The zero-order valence-electron chi connectivity index (χ0n) is 19.9. The highest BCUT2D eigenvalue weighted by atomic mass is 19.3. The van der Waals surface area contributed by atoms with Gasteiger partial charge in [-0.2, -0.15) is 5.26 Å². The van der Waals surface area contributed by atoms with E-state index in [2.05, 4.69) is 16.4 Å². The number of halogens is 2. The van der Waals surface area contributed by atoms with E-state index in [0.29, 0.717) is 41.8 Å². The average molecular weight is 472 g/mol. The number of nitrogens with one attached hydrogen (secondary N) is 1. The third-order valence-electron chi connectivity index (χ3n) is 6.42. The molecule has 2 aromatic rings. The Balaban J connectivity index is 1.79. The van der Waals surface area contributed by atoms with E-state index in [1.807, 2.05) is 24.8 Å². The lowest BCUT2D eigenvalue weighted by molar-refractivity contribution is -0.133. The number of rotatable bonds is 8. The molecular weight excluding hydrogens is 440 g/mol. The van der Waals surface area contributed by atoms with E-state index in [1.165, 1.54) is 0 Å². The number of benzene rings is 1. The maximum Gasteiger partial charge on any atom is 0.249 e. The molecular formula is C25H31F2N5O2. The normalized spacial score (nSPS) is 18.4. The summed E-state index contributed by atoms with van der Waals surface area (Å²) in [7, 11) is 0. The number of fused-ring (bicyclic) bond motifs is 1. The predicted octanol–water partition coefficient (Wildman–Crippen LogP) is 3.72. The van der Waals surface area contributed by atoms with Crippen molar-refractivity contribution in [3.63, 3.8) is 0 Å². The molecule has 182 valence electrons. The number of hydrogen-bond acceptors (Lipinski definition) is 5. The minimum atomic E-state index is -2.93. The molecule has 1 aliphatic heterocycles. The first-order valence-electron chi connectivity index (χ1n) is 11.7. The molecule has 0 radical (unpaired) electrons. The van der Waals surface area contributed by atoms with E-state index in [4.69, 9.17) is 0 Å². The molecule has 0 bridgehead atoms. The molecule has 1 N–H and O–H groups in total. The first-order chi connectivity index (χ1) is 16.2. The van der Waals surface area contributed by atoms with Crippen molar-refractivity contribution in [2.45, 2.75) is 52.0 Å². The molecule has 0 unspecified atom stereocenters. The van der Waals surface area contributed by atoms with Crippen LogP contribution < -0.4 is 10.2 Å². The van der Waals surface area contributed by atoms with Gasteiger partial charge >= 0.3 is 0 Å². The molecule has 3 rings (SSSR count). The highest BCUT2D eigenvalue weighted by molar-refractivity contribution is 5.95. The van der Waals surface area contributed by atoms with Gasteiger partial charge in [-0.05, 0) is 51.5 Å². The summed E-state index contributed by atoms with van der Waals surface area (Å²) in [5, 5.41) is 13.0. The van der Waals surface area contributed by atoms with Crippen LogP contribution in [0.25, 0.3) is 10.9 Å². The van der Waals surface area contributed by atoms with E-state index in [9.17, 15) is 23.6 Å². The predicted molar refractivity (Wildman–Crippen MR) is 126 cm³/mol. The third-order valence-corrected chi connectivity index (χ3v) is 6.42. The van der Waals surface area contributed by atoms with Crippen LogP contribution in [0.15, 0.2) is 30.5 Å². The molecule has 0 aliphatic carbocycles. The first kappa shape index (κ1) is 25.3. The summed E-state index contributed by atoms with van der Waals surface area (Å²) in [5.41, 5.74) is 1.63. The van der Waals surface area contributed by atoms with Gasteiger partial charge in [0.2, 0.25) is 17.7 Å². The van der Waals surface area contributed by atoms with Crippen LogP contribution in [0.5, 0.6) is 0 Å². The first-order valence-corrected chi connectivity index (χ1v) is 11.7. The summed E-state index contributed by atoms with van der Waals surface area (Å²) < 4.78 is 28.8. The minimum absolute atomic E-state index is 0.0166. The Kier molecular flexibility index (Phi) is 8.02. The van der Waals surface area contributed by atoms with E-state index in [1.54, 1.807) is 29.3 Å². The van der Waals surface area contributed by atoms with Crippen LogP contribution >= 0.6 is 0 Å². The summed E-state index contributed by atoms with van der Waals surface area (Å²) >= 11 is 0. The van der Waals surface area contributed by atoms with Gasteiger partial charge in [-0.1, -0.05) is 0 Å². The van der Waals surface area contributed by atoms with Crippen molar-refractivity contribution in [3.05, 3.63) is 36.0 Å². The van der Waals surface area contributed by atoms with Gasteiger partial charge in [0.15, 0.2) is 0 Å². The summed E-state index contributed by atoms with van der Waals surface area (Å²) in [6, 6.07) is 8.58. The van der Waals surface area contributed by atoms with E-state index in [-0.39, 0.29) is 37.6 Å². The lowest BCUT2D eigenvalue weighted by atomic mass is 9.88. The number of carbonyl (C=O) groups is 2. The smallest absolute Gasteiger partial charge is 0.249 e. The number of nitrogens with zero attached hydrogens (tertiary/aromatic N) is 4.